The second kappa shape index (κ2) is 12.1. The molecule has 0 spiro atoms. The Kier molecular flexibility index (Phi) is 10.5. The van der Waals surface area contributed by atoms with Gasteiger partial charge in [-0.2, -0.15) is 8.78 Å². The molecular weight excluding hydrogens is 485 g/mol. The topological polar surface area (TPSA) is 58.5 Å². The minimum absolute atomic E-state index is 0. The molecule has 2 N–H and O–H groups in total. The SMILES string of the molecule is CCNC(=NCc1cccc(OC(F)F)c1)NCc1nc(C(C)C)cs1.I. The number of alkyl halides is 2. The van der Waals surface area contributed by atoms with Gasteiger partial charge in [0.25, 0.3) is 0 Å². The predicted molar refractivity (Wildman–Crippen MR) is 116 cm³/mol. The lowest BCUT2D eigenvalue weighted by Gasteiger charge is -2.10. The number of hydrogen-bond donors (Lipinski definition) is 2. The fourth-order valence-electron chi connectivity index (χ4n) is 2.16. The first-order chi connectivity index (χ1) is 12.5. The molecule has 0 saturated heterocycles. The van der Waals surface area contributed by atoms with Crippen molar-refractivity contribution < 1.29 is 13.5 Å². The highest BCUT2D eigenvalue weighted by molar-refractivity contribution is 14.0. The zero-order chi connectivity index (χ0) is 18.9. The maximum atomic E-state index is 12.3. The van der Waals surface area contributed by atoms with Gasteiger partial charge in [0.05, 0.1) is 18.8 Å². The third kappa shape index (κ3) is 8.37. The van der Waals surface area contributed by atoms with Crippen LogP contribution in [0, 0.1) is 0 Å². The van der Waals surface area contributed by atoms with E-state index >= 15 is 0 Å². The number of hydrogen-bond acceptors (Lipinski definition) is 4. The summed E-state index contributed by atoms with van der Waals surface area (Å²) in [5.41, 5.74) is 1.88. The summed E-state index contributed by atoms with van der Waals surface area (Å²) in [5.74, 6) is 1.19. The van der Waals surface area contributed by atoms with Crippen molar-refractivity contribution in [2.75, 3.05) is 6.54 Å². The highest BCUT2D eigenvalue weighted by Gasteiger charge is 2.07. The lowest BCUT2D eigenvalue weighted by Crippen LogP contribution is -2.36. The van der Waals surface area contributed by atoms with E-state index in [0.29, 0.717) is 25.0 Å². The fraction of sp³-hybridized carbons (Fsp3) is 0.444. The molecule has 0 amide bonds. The van der Waals surface area contributed by atoms with Crippen LogP contribution in [0.4, 0.5) is 8.78 Å². The summed E-state index contributed by atoms with van der Waals surface area (Å²) in [6.45, 7) is 5.03. The molecule has 5 nitrogen and oxygen atoms in total. The van der Waals surface area contributed by atoms with Crippen molar-refractivity contribution in [3.8, 4) is 5.75 Å². The Balaban J connectivity index is 0.00000364. The van der Waals surface area contributed by atoms with E-state index in [0.717, 1.165) is 22.8 Å². The van der Waals surface area contributed by atoms with Crippen molar-refractivity contribution in [1.29, 1.82) is 0 Å². The Hall–Kier alpha value is -1.49. The maximum Gasteiger partial charge on any atom is 0.387 e. The van der Waals surface area contributed by atoms with Crippen LogP contribution < -0.4 is 15.4 Å². The Morgan fingerprint density at radius 3 is 2.70 bits per heavy atom. The lowest BCUT2D eigenvalue weighted by molar-refractivity contribution is -0.0498. The Morgan fingerprint density at radius 2 is 2.07 bits per heavy atom. The molecule has 150 valence electrons. The van der Waals surface area contributed by atoms with E-state index in [9.17, 15) is 8.78 Å². The largest absolute Gasteiger partial charge is 0.435 e. The number of guanidine groups is 1. The highest BCUT2D eigenvalue weighted by atomic mass is 127. The first-order valence-electron chi connectivity index (χ1n) is 8.48. The maximum absolute atomic E-state index is 12.3. The van der Waals surface area contributed by atoms with Gasteiger partial charge in [-0.15, -0.1) is 35.3 Å². The third-order valence-corrected chi connectivity index (χ3v) is 4.32. The predicted octanol–water partition coefficient (Wildman–Crippen LogP) is 4.74. The summed E-state index contributed by atoms with van der Waals surface area (Å²) in [7, 11) is 0. The van der Waals surface area contributed by atoms with Gasteiger partial charge in [0.1, 0.15) is 10.8 Å². The van der Waals surface area contributed by atoms with Gasteiger partial charge in [-0.1, -0.05) is 26.0 Å². The molecular formula is C18H25F2IN4OS. The standard InChI is InChI=1S/C18H24F2N4OS.HI/c1-4-21-18(23-10-16-24-15(11-26-16)12(2)3)22-9-13-6-5-7-14(8-13)25-17(19)20;/h5-8,11-12,17H,4,9-10H2,1-3H3,(H2,21,22,23);1H. The summed E-state index contributed by atoms with van der Waals surface area (Å²) in [6.07, 6.45) is 0. The minimum Gasteiger partial charge on any atom is -0.435 e. The van der Waals surface area contributed by atoms with Gasteiger partial charge in [-0.3, -0.25) is 0 Å². The summed E-state index contributed by atoms with van der Waals surface area (Å²) in [4.78, 5) is 9.07. The van der Waals surface area contributed by atoms with Gasteiger partial charge in [-0.05, 0) is 30.5 Å². The van der Waals surface area contributed by atoms with Gasteiger partial charge >= 0.3 is 6.61 Å². The number of halogens is 3. The van der Waals surface area contributed by atoms with Crippen LogP contribution in [0.3, 0.4) is 0 Å². The molecule has 0 fully saturated rings. The van der Waals surface area contributed by atoms with Crippen molar-refractivity contribution in [3.63, 3.8) is 0 Å². The number of nitrogens with zero attached hydrogens (tertiary/aromatic N) is 2. The van der Waals surface area contributed by atoms with Crippen LogP contribution in [0.2, 0.25) is 0 Å². The van der Waals surface area contributed by atoms with Crippen molar-refractivity contribution in [2.45, 2.75) is 46.4 Å². The highest BCUT2D eigenvalue weighted by Crippen LogP contribution is 2.18. The molecule has 0 saturated carbocycles. The molecule has 27 heavy (non-hydrogen) atoms. The smallest absolute Gasteiger partial charge is 0.387 e. The van der Waals surface area contributed by atoms with Gasteiger partial charge < -0.3 is 15.4 Å². The molecule has 9 heteroatoms. The summed E-state index contributed by atoms with van der Waals surface area (Å²) in [5, 5.41) is 9.47. The number of benzene rings is 1. The van der Waals surface area contributed by atoms with Crippen molar-refractivity contribution >= 4 is 41.3 Å². The summed E-state index contributed by atoms with van der Waals surface area (Å²) in [6, 6.07) is 6.56. The zero-order valence-electron chi connectivity index (χ0n) is 15.5. The van der Waals surface area contributed by atoms with Gasteiger partial charge in [0.2, 0.25) is 0 Å². The molecule has 1 heterocycles. The van der Waals surface area contributed by atoms with Crippen molar-refractivity contribution in [1.82, 2.24) is 15.6 Å². The first kappa shape index (κ1) is 23.5. The molecule has 1 aromatic carbocycles. The first-order valence-corrected chi connectivity index (χ1v) is 9.36. The van der Waals surface area contributed by atoms with Crippen LogP contribution >= 0.6 is 35.3 Å². The van der Waals surface area contributed by atoms with Crippen molar-refractivity contribution in [2.24, 2.45) is 4.99 Å². The van der Waals surface area contributed by atoms with E-state index < -0.39 is 6.61 Å². The van der Waals surface area contributed by atoms with Crippen LogP contribution in [0.1, 0.15) is 43.0 Å². The third-order valence-electron chi connectivity index (χ3n) is 3.46. The van der Waals surface area contributed by atoms with Gasteiger partial charge in [-0.25, -0.2) is 9.98 Å². The molecule has 0 unspecified atom stereocenters. The Morgan fingerprint density at radius 1 is 1.30 bits per heavy atom. The number of nitrogens with one attached hydrogen (secondary N) is 2. The van der Waals surface area contributed by atoms with E-state index in [1.165, 1.54) is 6.07 Å². The number of aromatic nitrogens is 1. The van der Waals surface area contributed by atoms with Crippen LogP contribution in [0.5, 0.6) is 5.75 Å². The number of ether oxygens (including phenoxy) is 1. The average molecular weight is 510 g/mol. The molecule has 2 rings (SSSR count). The Labute approximate surface area is 179 Å². The van der Waals surface area contributed by atoms with E-state index in [2.05, 4.69) is 44.6 Å². The fourth-order valence-corrected chi connectivity index (χ4v) is 3.06. The van der Waals surface area contributed by atoms with Crippen LogP contribution in [-0.2, 0) is 13.1 Å². The zero-order valence-corrected chi connectivity index (χ0v) is 18.7. The normalized spacial score (nSPS) is 11.4. The average Bonchev–Trinajstić information content (AvgIpc) is 3.06. The molecule has 0 radical (unpaired) electrons. The quantitative estimate of drug-likeness (QED) is 0.306. The Bertz CT molecular complexity index is 725. The van der Waals surface area contributed by atoms with E-state index in [4.69, 9.17) is 0 Å². The number of aliphatic imine (C=N–C) groups is 1. The molecule has 0 bridgehead atoms. The van der Waals surface area contributed by atoms with E-state index in [1.807, 2.05) is 13.0 Å². The molecule has 0 atom stereocenters. The summed E-state index contributed by atoms with van der Waals surface area (Å²) >= 11 is 1.62. The molecule has 0 aliphatic heterocycles. The van der Waals surface area contributed by atoms with Crippen molar-refractivity contribution in [3.05, 3.63) is 45.9 Å². The number of thiazole rings is 1. The lowest BCUT2D eigenvalue weighted by atomic mass is 10.2. The molecule has 0 aliphatic carbocycles. The van der Waals surface area contributed by atoms with Gasteiger partial charge in [0.15, 0.2) is 5.96 Å². The van der Waals surface area contributed by atoms with Crippen LogP contribution in [0.25, 0.3) is 0 Å². The number of rotatable bonds is 8. The second-order valence-electron chi connectivity index (χ2n) is 5.90. The van der Waals surface area contributed by atoms with E-state index in [1.54, 1.807) is 23.5 Å². The molecule has 1 aromatic heterocycles. The second-order valence-corrected chi connectivity index (χ2v) is 6.84. The van der Waals surface area contributed by atoms with Crippen LogP contribution in [0.15, 0.2) is 34.6 Å². The molecule has 0 aliphatic rings. The monoisotopic (exact) mass is 510 g/mol. The van der Waals surface area contributed by atoms with E-state index in [-0.39, 0.29) is 29.7 Å². The molecule has 2 aromatic rings. The van der Waals surface area contributed by atoms with Gasteiger partial charge in [0, 0.05) is 11.9 Å². The van der Waals surface area contributed by atoms with Crippen LogP contribution in [-0.4, -0.2) is 24.1 Å². The summed E-state index contributed by atoms with van der Waals surface area (Å²) < 4.78 is 29.0. The minimum atomic E-state index is -2.83.